The fraction of sp³-hybridized carbons (Fsp3) is 0.0769. The Labute approximate surface area is 113 Å². The first kappa shape index (κ1) is 11.7. The van der Waals surface area contributed by atoms with E-state index in [9.17, 15) is 0 Å². The van der Waals surface area contributed by atoms with Gasteiger partial charge in [0.1, 0.15) is 11.8 Å². The average Bonchev–Trinajstić information content (AvgIpc) is 2.99. The Morgan fingerprint density at radius 1 is 1.22 bits per heavy atom. The van der Waals surface area contributed by atoms with E-state index >= 15 is 0 Å². The van der Waals surface area contributed by atoms with Crippen LogP contribution in [0, 0.1) is 0 Å². The predicted molar refractivity (Wildman–Crippen MR) is 74.7 cm³/mol. The molecule has 0 bridgehead atoms. The largest absolute Gasteiger partial charge is 0.448 e. The molecule has 0 aliphatic heterocycles. The van der Waals surface area contributed by atoms with E-state index in [0.29, 0.717) is 11.0 Å². The standard InChI is InChI=1S/C13H11ClN2OS/c14-11-5-4-10(17-11)12(16-15)9-3-1-2-8-6-7-18-13(8)9/h1-7,12,16H,15H2. The van der Waals surface area contributed by atoms with E-state index in [2.05, 4.69) is 22.9 Å². The highest BCUT2D eigenvalue weighted by Gasteiger charge is 2.19. The highest BCUT2D eigenvalue weighted by molar-refractivity contribution is 7.17. The molecule has 3 aromatic rings. The molecule has 92 valence electrons. The molecule has 0 saturated carbocycles. The Morgan fingerprint density at radius 3 is 2.83 bits per heavy atom. The van der Waals surface area contributed by atoms with E-state index in [1.165, 1.54) is 10.1 Å². The van der Waals surface area contributed by atoms with Crippen LogP contribution in [-0.4, -0.2) is 0 Å². The molecule has 0 spiro atoms. The fourth-order valence-corrected chi connectivity index (χ4v) is 3.15. The van der Waals surface area contributed by atoms with Gasteiger partial charge in [-0.15, -0.1) is 11.3 Å². The van der Waals surface area contributed by atoms with Gasteiger partial charge in [-0.3, -0.25) is 5.84 Å². The molecule has 0 radical (unpaired) electrons. The summed E-state index contributed by atoms with van der Waals surface area (Å²) in [4.78, 5) is 0. The maximum absolute atomic E-state index is 5.81. The van der Waals surface area contributed by atoms with Crippen molar-refractivity contribution >= 4 is 33.0 Å². The summed E-state index contributed by atoms with van der Waals surface area (Å²) < 4.78 is 6.65. The highest BCUT2D eigenvalue weighted by Crippen LogP contribution is 2.33. The summed E-state index contributed by atoms with van der Waals surface area (Å²) >= 11 is 7.50. The molecule has 2 aromatic heterocycles. The number of furan rings is 1. The Kier molecular flexibility index (Phi) is 3.09. The van der Waals surface area contributed by atoms with Crippen LogP contribution in [0.25, 0.3) is 10.1 Å². The highest BCUT2D eigenvalue weighted by atomic mass is 35.5. The van der Waals surface area contributed by atoms with Crippen molar-refractivity contribution in [2.75, 3.05) is 0 Å². The lowest BCUT2D eigenvalue weighted by molar-refractivity contribution is 0.455. The second kappa shape index (κ2) is 4.74. The summed E-state index contributed by atoms with van der Waals surface area (Å²) in [6, 6.07) is 11.6. The molecule has 3 nitrogen and oxygen atoms in total. The van der Waals surface area contributed by atoms with Crippen LogP contribution in [0.3, 0.4) is 0 Å². The Morgan fingerprint density at radius 2 is 2.11 bits per heavy atom. The van der Waals surface area contributed by atoms with Gasteiger partial charge in [0.2, 0.25) is 0 Å². The lowest BCUT2D eigenvalue weighted by atomic mass is 10.0. The third kappa shape index (κ3) is 1.93. The van der Waals surface area contributed by atoms with Gasteiger partial charge in [0, 0.05) is 4.70 Å². The number of benzene rings is 1. The van der Waals surface area contributed by atoms with E-state index in [1.54, 1.807) is 17.4 Å². The number of fused-ring (bicyclic) bond motifs is 1. The lowest BCUT2D eigenvalue weighted by Crippen LogP contribution is -2.28. The number of hydrogen-bond donors (Lipinski definition) is 2. The Hall–Kier alpha value is -1.33. The van der Waals surface area contributed by atoms with Crippen LogP contribution in [0.4, 0.5) is 0 Å². The van der Waals surface area contributed by atoms with Crippen LogP contribution in [-0.2, 0) is 0 Å². The Bertz CT molecular complexity index is 676. The van der Waals surface area contributed by atoms with Gasteiger partial charge in [0.05, 0.1) is 0 Å². The Balaban J connectivity index is 2.14. The van der Waals surface area contributed by atoms with Gasteiger partial charge in [-0.1, -0.05) is 18.2 Å². The molecule has 1 unspecified atom stereocenters. The van der Waals surface area contributed by atoms with Crippen LogP contribution in [0.5, 0.6) is 0 Å². The van der Waals surface area contributed by atoms with Crippen LogP contribution in [0.2, 0.25) is 5.22 Å². The first-order valence-electron chi connectivity index (χ1n) is 5.47. The van der Waals surface area contributed by atoms with Gasteiger partial charge in [0.25, 0.3) is 0 Å². The number of nitrogens with one attached hydrogen (secondary N) is 1. The van der Waals surface area contributed by atoms with Crippen molar-refractivity contribution in [3.63, 3.8) is 0 Å². The van der Waals surface area contributed by atoms with E-state index < -0.39 is 0 Å². The molecule has 0 saturated heterocycles. The van der Waals surface area contributed by atoms with Crippen molar-refractivity contribution in [2.24, 2.45) is 5.84 Å². The van der Waals surface area contributed by atoms with Crippen molar-refractivity contribution in [3.8, 4) is 0 Å². The van der Waals surface area contributed by atoms with Crippen molar-refractivity contribution < 1.29 is 4.42 Å². The summed E-state index contributed by atoms with van der Waals surface area (Å²) in [7, 11) is 0. The molecule has 5 heteroatoms. The van der Waals surface area contributed by atoms with Crippen LogP contribution >= 0.6 is 22.9 Å². The van der Waals surface area contributed by atoms with E-state index in [-0.39, 0.29) is 6.04 Å². The normalized spacial score (nSPS) is 13.0. The maximum atomic E-state index is 5.81. The number of halogens is 1. The second-order valence-corrected chi connectivity index (χ2v) is 5.22. The van der Waals surface area contributed by atoms with Gasteiger partial charge in [-0.2, -0.15) is 0 Å². The predicted octanol–water partition coefficient (Wildman–Crippen LogP) is 3.70. The molecular weight excluding hydrogens is 268 g/mol. The van der Waals surface area contributed by atoms with E-state index in [4.69, 9.17) is 21.9 Å². The molecule has 1 aromatic carbocycles. The van der Waals surface area contributed by atoms with Gasteiger partial charge in [-0.25, -0.2) is 5.43 Å². The minimum Gasteiger partial charge on any atom is -0.448 e. The number of nitrogens with two attached hydrogens (primary N) is 1. The van der Waals surface area contributed by atoms with Gasteiger partial charge in [-0.05, 0) is 46.1 Å². The van der Waals surface area contributed by atoms with E-state index in [1.807, 2.05) is 18.2 Å². The zero-order valence-electron chi connectivity index (χ0n) is 9.39. The third-order valence-corrected chi connectivity index (χ3v) is 4.05. The maximum Gasteiger partial charge on any atom is 0.193 e. The van der Waals surface area contributed by atoms with Crippen molar-refractivity contribution in [3.05, 3.63) is 58.3 Å². The quantitative estimate of drug-likeness (QED) is 0.567. The molecule has 1 atom stereocenters. The van der Waals surface area contributed by atoms with Crippen LogP contribution < -0.4 is 11.3 Å². The van der Waals surface area contributed by atoms with Gasteiger partial charge < -0.3 is 4.42 Å². The minimum absolute atomic E-state index is 0.195. The third-order valence-electron chi connectivity index (χ3n) is 2.87. The number of thiophene rings is 1. The lowest BCUT2D eigenvalue weighted by Gasteiger charge is -2.14. The molecule has 0 aliphatic rings. The van der Waals surface area contributed by atoms with Crippen molar-refractivity contribution in [1.29, 1.82) is 0 Å². The molecule has 3 N–H and O–H groups in total. The average molecular weight is 279 g/mol. The first-order chi connectivity index (χ1) is 8.79. The summed E-state index contributed by atoms with van der Waals surface area (Å²) in [6.45, 7) is 0. The molecule has 2 heterocycles. The monoisotopic (exact) mass is 278 g/mol. The van der Waals surface area contributed by atoms with Crippen LogP contribution in [0.1, 0.15) is 17.4 Å². The van der Waals surface area contributed by atoms with Gasteiger partial charge in [0.15, 0.2) is 5.22 Å². The van der Waals surface area contributed by atoms with E-state index in [0.717, 1.165) is 5.56 Å². The second-order valence-electron chi connectivity index (χ2n) is 3.93. The molecule has 0 fully saturated rings. The summed E-state index contributed by atoms with van der Waals surface area (Å²) in [5.74, 6) is 6.37. The SMILES string of the molecule is NNC(c1ccc(Cl)o1)c1cccc2ccsc12. The number of rotatable bonds is 3. The van der Waals surface area contributed by atoms with Gasteiger partial charge >= 0.3 is 0 Å². The molecule has 0 amide bonds. The minimum atomic E-state index is -0.195. The number of hydrogen-bond acceptors (Lipinski definition) is 4. The summed E-state index contributed by atoms with van der Waals surface area (Å²) in [5, 5.41) is 3.63. The molecular formula is C13H11ClN2OS. The molecule has 18 heavy (non-hydrogen) atoms. The smallest absolute Gasteiger partial charge is 0.193 e. The zero-order valence-corrected chi connectivity index (χ0v) is 11.0. The molecule has 0 aliphatic carbocycles. The summed E-state index contributed by atoms with van der Waals surface area (Å²) in [5.41, 5.74) is 3.88. The number of hydrazine groups is 1. The molecule has 3 rings (SSSR count). The fourth-order valence-electron chi connectivity index (χ4n) is 2.05. The first-order valence-corrected chi connectivity index (χ1v) is 6.73. The zero-order chi connectivity index (χ0) is 12.5. The van der Waals surface area contributed by atoms with Crippen molar-refractivity contribution in [2.45, 2.75) is 6.04 Å². The topological polar surface area (TPSA) is 51.2 Å². The van der Waals surface area contributed by atoms with Crippen molar-refractivity contribution in [1.82, 2.24) is 5.43 Å². The van der Waals surface area contributed by atoms with Crippen LogP contribution in [0.15, 0.2) is 46.2 Å². The summed E-state index contributed by atoms with van der Waals surface area (Å²) in [6.07, 6.45) is 0.